The van der Waals surface area contributed by atoms with Gasteiger partial charge in [0.05, 0.1) is 37.4 Å². The Kier molecular flexibility index (Phi) is 17.8. The second-order valence-electron chi connectivity index (χ2n) is 25.2. The van der Waals surface area contributed by atoms with Crippen molar-refractivity contribution in [1.29, 1.82) is 0 Å². The van der Waals surface area contributed by atoms with Gasteiger partial charge >= 0.3 is 16.4 Å². The summed E-state index contributed by atoms with van der Waals surface area (Å²) >= 11 is 0. The van der Waals surface area contributed by atoms with Gasteiger partial charge in [0.15, 0.2) is 36.5 Å². The molecule has 27 atom stereocenters. The minimum atomic E-state index is -5.17. The van der Waals surface area contributed by atoms with Crippen molar-refractivity contribution in [2.45, 2.75) is 235 Å². The van der Waals surface area contributed by atoms with Crippen LogP contribution >= 0.6 is 0 Å². The van der Waals surface area contributed by atoms with Crippen molar-refractivity contribution in [3.05, 3.63) is 23.8 Å². The van der Waals surface area contributed by atoms with Gasteiger partial charge in [0.25, 0.3) is 0 Å². The zero-order valence-electron chi connectivity index (χ0n) is 46.6. The molecule has 5 saturated heterocycles. The van der Waals surface area contributed by atoms with Crippen LogP contribution in [0.25, 0.3) is 0 Å². The van der Waals surface area contributed by atoms with Crippen LogP contribution < -0.4 is 0 Å². The summed E-state index contributed by atoms with van der Waals surface area (Å²) in [4.78, 5) is 28.2. The highest BCUT2D eigenvalue weighted by atomic mass is 32.3. The van der Waals surface area contributed by atoms with Crippen molar-refractivity contribution >= 4 is 22.2 Å². The maximum absolute atomic E-state index is 14.4. The lowest BCUT2D eigenvalue weighted by atomic mass is 9.40. The van der Waals surface area contributed by atoms with Gasteiger partial charge in [0.1, 0.15) is 85.5 Å². The normalized spacial score (nSPS) is 50.1. The number of hydrogen-bond donors (Lipinski definition) is 10. The molecule has 9 rings (SSSR count). The fourth-order valence-corrected chi connectivity index (χ4v) is 16.5. The summed E-state index contributed by atoms with van der Waals surface area (Å²) in [5.41, 5.74) is -1.35. The Balaban J connectivity index is 0.902. The number of cyclic esters (lactones) is 1. The summed E-state index contributed by atoms with van der Waals surface area (Å²) in [5.74, 6) is -0.517. The van der Waals surface area contributed by atoms with Crippen molar-refractivity contribution in [3.8, 4) is 0 Å². The fourth-order valence-electron chi connectivity index (χ4n) is 16.0. The third-order valence-corrected chi connectivity index (χ3v) is 20.9. The Morgan fingerprint density at radius 1 is 0.713 bits per heavy atom. The second-order valence-corrected chi connectivity index (χ2v) is 26.2. The minimum Gasteiger partial charge on any atom is -0.451 e. The zero-order valence-corrected chi connectivity index (χ0v) is 47.4. The first kappa shape index (κ1) is 62.3. The second kappa shape index (κ2) is 22.9. The van der Waals surface area contributed by atoms with Gasteiger partial charge < -0.3 is 93.3 Å². The molecule has 26 heteroatoms. The van der Waals surface area contributed by atoms with Crippen LogP contribution in [0.15, 0.2) is 23.8 Å². The molecule has 0 bridgehead atoms. The van der Waals surface area contributed by atoms with E-state index in [1.807, 2.05) is 6.92 Å². The topological polar surface area (TPSA) is 372 Å². The third-order valence-electron chi connectivity index (χ3n) is 20.4. The van der Waals surface area contributed by atoms with E-state index < -0.39 is 175 Å². The molecule has 456 valence electrons. The highest BCUT2D eigenvalue weighted by Gasteiger charge is 2.77. The van der Waals surface area contributed by atoms with Crippen LogP contribution in [0.2, 0.25) is 0 Å². The van der Waals surface area contributed by atoms with E-state index in [9.17, 15) is 68.5 Å². The van der Waals surface area contributed by atoms with E-state index >= 15 is 0 Å². The molecular formula is C54H84O25S. The monoisotopic (exact) mass is 1160 g/mol. The molecule has 0 aromatic carbocycles. The van der Waals surface area contributed by atoms with Crippen LogP contribution in [0.1, 0.15) is 106 Å². The number of methoxy groups -OCH3 is 1. The molecule has 1 spiro atoms. The van der Waals surface area contributed by atoms with E-state index in [0.717, 1.165) is 12.0 Å². The van der Waals surface area contributed by atoms with E-state index in [4.69, 9.17) is 51.6 Å². The zero-order chi connectivity index (χ0) is 58.6. The SMILES string of the molecule is C=C(C)CCC(=O)[C@]1(C)OC(=O)[C@]23CC[C@H]4C(=CC[C@H]5C(C)(C)[C@@H](O[C@@H]6OC[C@@H](OS(=O)(=O)O)[C@H](O)[C@H]6O[C@@H]6O[C@H](C)[C@@H](O[C@@H]7O[C@H](CO)[C@@H](O)[C@H](O[C@@H]8O[C@H](CO)[C@@H](O)[C@H](OC)[C@H]8O)[C@H]7O)[C@H](O)[C@H]6O)CC[C@]45C)[C@]2(C)CC[C@H]13. The van der Waals surface area contributed by atoms with Crippen molar-refractivity contribution < 1.29 is 120 Å². The van der Waals surface area contributed by atoms with Gasteiger partial charge in [-0.25, -0.2) is 4.18 Å². The van der Waals surface area contributed by atoms with Gasteiger partial charge in [-0.1, -0.05) is 44.9 Å². The van der Waals surface area contributed by atoms with Gasteiger partial charge in [-0.3, -0.25) is 14.1 Å². The minimum absolute atomic E-state index is 0.00839. The molecule has 4 aliphatic carbocycles. The number of aliphatic hydroxyl groups is 9. The molecule has 0 unspecified atom stereocenters. The van der Waals surface area contributed by atoms with Crippen LogP contribution in [0, 0.1) is 39.4 Å². The predicted molar refractivity (Wildman–Crippen MR) is 271 cm³/mol. The number of allylic oxidation sites excluding steroid dienone is 3. The number of aliphatic hydroxyl groups excluding tert-OH is 9. The predicted octanol–water partition coefficient (Wildman–Crippen LogP) is -0.382. The Bertz CT molecular complexity index is 2430. The lowest BCUT2D eigenvalue weighted by molar-refractivity contribution is -0.389. The standard InChI is InChI=1S/C54H84O25S/c1-23(2)10-13-32(57)53(8)31-15-18-52(7)26-11-12-30-50(4,5)33(16-17-51(30,6)25(26)14-19-54(31,52)49(65)78-53)74-48-44(36(60)29(22-70-48)79-80(66,67)68)77-45-38(62)37(61)41(24(3)71-45)75-47-40(64)43(35(59)28(21-56)73-47)76-46-39(63)42(69-9)34(58)27(20-55)72-46/h11,24-25,27-31,33-48,55-56,58-64H,1,10,12-22H2,2-9H3,(H,66,67,68)/t24-,25+,27-,28-,29-,30+,31-,33+,34-,35-,36+,37-,38-,39-,40-,41-,42+,43+,44-,45+,46+,47+,48+,51-,52+,53-,54-/m1/s1. The Labute approximate surface area is 465 Å². The molecule has 0 aromatic heterocycles. The highest BCUT2D eigenvalue weighted by molar-refractivity contribution is 7.80. The van der Waals surface area contributed by atoms with Crippen molar-refractivity contribution in [3.63, 3.8) is 0 Å². The largest absolute Gasteiger partial charge is 0.451 e. The van der Waals surface area contributed by atoms with Gasteiger partial charge in [-0.05, 0) is 94.8 Å². The number of ketones is 1. The van der Waals surface area contributed by atoms with Crippen LogP contribution in [-0.2, 0) is 71.5 Å². The van der Waals surface area contributed by atoms with Crippen LogP contribution in [0.4, 0.5) is 0 Å². The molecule has 25 nitrogen and oxygen atoms in total. The molecule has 8 fully saturated rings. The molecule has 5 heterocycles. The van der Waals surface area contributed by atoms with E-state index in [0.29, 0.717) is 44.9 Å². The fraction of sp³-hybridized carbons (Fsp3) is 0.889. The summed E-state index contributed by atoms with van der Waals surface area (Å²) in [6, 6.07) is 0. The van der Waals surface area contributed by atoms with E-state index in [1.165, 1.54) is 19.6 Å². The number of ether oxygens (including phenoxy) is 10. The maximum Gasteiger partial charge on any atom is 0.397 e. The average Bonchev–Trinajstić information content (AvgIpc) is 4.08. The summed E-state index contributed by atoms with van der Waals surface area (Å²) < 4.78 is 97.9. The summed E-state index contributed by atoms with van der Waals surface area (Å²) in [6.07, 6.45) is -24.9. The average molecular weight is 1170 g/mol. The smallest absolute Gasteiger partial charge is 0.397 e. The maximum atomic E-state index is 14.4. The Morgan fingerprint density at radius 3 is 1.93 bits per heavy atom. The van der Waals surface area contributed by atoms with Crippen molar-refractivity contribution in [1.82, 2.24) is 0 Å². The first-order valence-corrected chi connectivity index (χ1v) is 29.3. The molecule has 10 N–H and O–H groups in total. The van der Waals surface area contributed by atoms with Crippen LogP contribution in [0.3, 0.4) is 0 Å². The number of carbonyl (C=O) groups is 2. The number of carbonyl (C=O) groups excluding carboxylic acids is 2. The number of hydrogen-bond acceptors (Lipinski definition) is 24. The summed E-state index contributed by atoms with van der Waals surface area (Å²) in [6.45, 7) is 15.5. The molecule has 0 aromatic rings. The number of esters is 1. The summed E-state index contributed by atoms with van der Waals surface area (Å²) in [5, 5.41) is 99.1. The van der Waals surface area contributed by atoms with E-state index in [2.05, 4.69) is 40.3 Å². The van der Waals surface area contributed by atoms with Gasteiger partial charge in [-0.2, -0.15) is 8.42 Å². The Hall–Kier alpha value is -2.23. The third kappa shape index (κ3) is 10.4. The van der Waals surface area contributed by atoms with E-state index in [1.54, 1.807) is 6.92 Å². The highest BCUT2D eigenvalue weighted by Crippen LogP contribution is 2.76. The molecule has 9 aliphatic rings. The molecule has 0 amide bonds. The van der Waals surface area contributed by atoms with Gasteiger partial charge in [0.2, 0.25) is 0 Å². The van der Waals surface area contributed by atoms with Crippen LogP contribution in [-0.4, -0.2) is 226 Å². The van der Waals surface area contributed by atoms with Crippen molar-refractivity contribution in [2.75, 3.05) is 26.9 Å². The Morgan fingerprint density at radius 2 is 1.31 bits per heavy atom. The quantitative estimate of drug-likeness (QED) is 0.0504. The van der Waals surface area contributed by atoms with Gasteiger partial charge in [0, 0.05) is 24.9 Å². The number of fused-ring (bicyclic) bond motifs is 4. The van der Waals surface area contributed by atoms with Crippen molar-refractivity contribution in [2.24, 2.45) is 39.4 Å². The lowest BCUT2D eigenvalue weighted by Gasteiger charge is -2.64. The first-order chi connectivity index (χ1) is 37.4. The molecule has 3 saturated carbocycles. The number of rotatable bonds is 17. The van der Waals surface area contributed by atoms with E-state index in [-0.39, 0.29) is 41.3 Å². The molecular weight excluding hydrogens is 1080 g/mol. The lowest BCUT2D eigenvalue weighted by Crippen LogP contribution is -2.67. The van der Waals surface area contributed by atoms with Crippen LogP contribution in [0.5, 0.6) is 0 Å². The molecule has 0 radical (unpaired) electrons. The first-order valence-electron chi connectivity index (χ1n) is 27.9. The summed E-state index contributed by atoms with van der Waals surface area (Å²) in [7, 11) is -3.98. The molecule has 80 heavy (non-hydrogen) atoms. The number of Topliss-reactive ketones (excluding diaryl/α,β-unsaturated/α-hetero) is 1. The van der Waals surface area contributed by atoms with Gasteiger partial charge in [-0.15, -0.1) is 6.58 Å². The molecule has 5 aliphatic heterocycles.